The number of nitrogens with zero attached hydrogens (tertiary/aromatic N) is 1. The van der Waals surface area contributed by atoms with Crippen molar-refractivity contribution in [3.05, 3.63) is 33.8 Å². The Balaban J connectivity index is 1.98. The van der Waals surface area contributed by atoms with E-state index >= 15 is 0 Å². The SMILES string of the molecule is COc1cc(Br)c2c3c1O[C@H]1C[C@@H](O)C=C[C@@]31CCCN(C)C2. The van der Waals surface area contributed by atoms with Gasteiger partial charge >= 0.3 is 0 Å². The molecule has 3 atom stereocenters. The summed E-state index contributed by atoms with van der Waals surface area (Å²) in [6.45, 7) is 1.96. The molecule has 0 unspecified atom stereocenters. The minimum Gasteiger partial charge on any atom is -0.493 e. The van der Waals surface area contributed by atoms with Crippen molar-refractivity contribution in [2.75, 3.05) is 20.7 Å². The van der Waals surface area contributed by atoms with E-state index in [2.05, 4.69) is 34.0 Å². The summed E-state index contributed by atoms with van der Waals surface area (Å²) < 4.78 is 13.0. The normalized spacial score (nSPS) is 32.5. The van der Waals surface area contributed by atoms with E-state index in [1.54, 1.807) is 7.11 Å². The van der Waals surface area contributed by atoms with Crippen molar-refractivity contribution < 1.29 is 14.6 Å². The number of aliphatic hydroxyl groups excluding tert-OH is 1. The van der Waals surface area contributed by atoms with Gasteiger partial charge in [-0.2, -0.15) is 0 Å². The second kappa shape index (κ2) is 5.50. The molecule has 2 heterocycles. The number of benzene rings is 1. The third-order valence-corrected chi connectivity index (χ3v) is 6.16. The maximum Gasteiger partial charge on any atom is 0.166 e. The van der Waals surface area contributed by atoms with Gasteiger partial charge in [0.25, 0.3) is 0 Å². The van der Waals surface area contributed by atoms with E-state index < -0.39 is 6.10 Å². The first-order chi connectivity index (χ1) is 11.0. The van der Waals surface area contributed by atoms with Gasteiger partial charge in [-0.05, 0) is 38.1 Å². The van der Waals surface area contributed by atoms with E-state index in [1.165, 1.54) is 11.1 Å². The first kappa shape index (κ1) is 15.5. The molecule has 1 aliphatic carbocycles. The zero-order valence-corrected chi connectivity index (χ0v) is 15.1. The lowest BCUT2D eigenvalue weighted by Crippen LogP contribution is -2.43. The minimum atomic E-state index is -0.425. The molecule has 0 aromatic heterocycles. The monoisotopic (exact) mass is 379 g/mol. The summed E-state index contributed by atoms with van der Waals surface area (Å²) in [5.41, 5.74) is 2.40. The van der Waals surface area contributed by atoms with Crippen molar-refractivity contribution in [1.29, 1.82) is 0 Å². The van der Waals surface area contributed by atoms with Gasteiger partial charge in [0.05, 0.1) is 18.6 Å². The molecule has 1 aromatic carbocycles. The van der Waals surface area contributed by atoms with Crippen LogP contribution in [0.25, 0.3) is 0 Å². The van der Waals surface area contributed by atoms with E-state index in [1.807, 2.05) is 12.1 Å². The van der Waals surface area contributed by atoms with Gasteiger partial charge in [-0.15, -0.1) is 0 Å². The average molecular weight is 380 g/mol. The molecule has 1 spiro atoms. The predicted octanol–water partition coefficient (Wildman–Crippen LogP) is 3.00. The molecule has 0 amide bonds. The summed E-state index contributed by atoms with van der Waals surface area (Å²) in [6, 6.07) is 2.01. The lowest BCUT2D eigenvalue weighted by Gasteiger charge is -2.39. The van der Waals surface area contributed by atoms with Crippen molar-refractivity contribution in [3.8, 4) is 11.5 Å². The number of ether oxygens (including phenoxy) is 2. The van der Waals surface area contributed by atoms with E-state index in [9.17, 15) is 5.11 Å². The molecule has 1 aromatic rings. The molecule has 0 saturated carbocycles. The summed E-state index contributed by atoms with van der Waals surface area (Å²) in [6.07, 6.45) is 6.49. The topological polar surface area (TPSA) is 41.9 Å². The predicted molar refractivity (Wildman–Crippen MR) is 92.1 cm³/mol. The summed E-state index contributed by atoms with van der Waals surface area (Å²) in [5, 5.41) is 10.1. The van der Waals surface area contributed by atoms with Crippen LogP contribution in [0.5, 0.6) is 11.5 Å². The van der Waals surface area contributed by atoms with E-state index in [-0.39, 0.29) is 11.5 Å². The van der Waals surface area contributed by atoms with Crippen LogP contribution in [-0.4, -0.2) is 42.9 Å². The summed E-state index contributed by atoms with van der Waals surface area (Å²) in [5.74, 6) is 1.64. The Hall–Kier alpha value is -1.04. The highest BCUT2D eigenvalue weighted by Gasteiger charge is 2.52. The van der Waals surface area contributed by atoms with Crippen molar-refractivity contribution >= 4 is 15.9 Å². The maximum absolute atomic E-state index is 10.1. The third kappa shape index (κ3) is 2.24. The molecule has 4 nitrogen and oxygen atoms in total. The fourth-order valence-electron chi connectivity index (χ4n) is 4.36. The van der Waals surface area contributed by atoms with Gasteiger partial charge in [-0.3, -0.25) is 0 Å². The molecule has 4 rings (SSSR count). The zero-order valence-electron chi connectivity index (χ0n) is 13.5. The number of hydrogen-bond acceptors (Lipinski definition) is 4. The Labute approximate surface area is 145 Å². The lowest BCUT2D eigenvalue weighted by molar-refractivity contribution is 0.0816. The molecule has 5 heteroatoms. The quantitative estimate of drug-likeness (QED) is 0.761. The van der Waals surface area contributed by atoms with Gasteiger partial charge in [-0.25, -0.2) is 0 Å². The van der Waals surface area contributed by atoms with Crippen molar-refractivity contribution in [1.82, 2.24) is 4.90 Å². The molecule has 0 radical (unpaired) electrons. The van der Waals surface area contributed by atoms with E-state index in [0.29, 0.717) is 6.42 Å². The van der Waals surface area contributed by atoms with Gasteiger partial charge < -0.3 is 19.5 Å². The van der Waals surface area contributed by atoms with Crippen LogP contribution in [-0.2, 0) is 12.0 Å². The van der Waals surface area contributed by atoms with Crippen LogP contribution in [0.1, 0.15) is 30.4 Å². The van der Waals surface area contributed by atoms with Crippen molar-refractivity contribution in [2.24, 2.45) is 0 Å². The summed E-state index contributed by atoms with van der Waals surface area (Å²) >= 11 is 3.74. The molecule has 1 N–H and O–H groups in total. The van der Waals surface area contributed by atoms with Gasteiger partial charge in [0, 0.05) is 23.0 Å². The molecule has 3 aliphatic rings. The van der Waals surface area contributed by atoms with Crippen LogP contribution in [0.2, 0.25) is 0 Å². The highest BCUT2D eigenvalue weighted by molar-refractivity contribution is 9.10. The van der Waals surface area contributed by atoms with Crippen molar-refractivity contribution in [3.63, 3.8) is 0 Å². The second-order valence-electron chi connectivity index (χ2n) is 6.89. The lowest BCUT2D eigenvalue weighted by atomic mass is 9.67. The molecular formula is C18H22BrNO3. The van der Waals surface area contributed by atoms with Gasteiger partial charge in [0.15, 0.2) is 11.5 Å². The first-order valence-electron chi connectivity index (χ1n) is 8.17. The largest absolute Gasteiger partial charge is 0.493 e. The fourth-order valence-corrected chi connectivity index (χ4v) is 4.89. The van der Waals surface area contributed by atoms with Gasteiger partial charge in [0.2, 0.25) is 0 Å². The summed E-state index contributed by atoms with van der Waals surface area (Å²) in [7, 11) is 3.84. The number of rotatable bonds is 1. The van der Waals surface area contributed by atoms with Crippen LogP contribution in [0.4, 0.5) is 0 Å². The average Bonchev–Trinajstić information content (AvgIpc) is 2.82. The maximum atomic E-state index is 10.1. The minimum absolute atomic E-state index is 0.0112. The third-order valence-electron chi connectivity index (χ3n) is 5.45. The Morgan fingerprint density at radius 3 is 3.09 bits per heavy atom. The molecule has 23 heavy (non-hydrogen) atoms. The summed E-state index contributed by atoms with van der Waals surface area (Å²) in [4.78, 5) is 2.36. The standard InChI is InChI=1S/C18H22BrNO3/c1-20-7-3-5-18-6-4-11(21)8-15(18)23-17-14(22-2)9-13(19)12(10-20)16(17)18/h4,6,9,11,15,21H,3,5,7-8,10H2,1-2H3/t11-,15-,18+/m0/s1. The molecule has 0 fully saturated rings. The molecule has 0 bridgehead atoms. The fraction of sp³-hybridized carbons (Fsp3) is 0.556. The van der Waals surface area contributed by atoms with Crippen molar-refractivity contribution in [2.45, 2.75) is 43.4 Å². The van der Waals surface area contributed by atoms with Crippen LogP contribution < -0.4 is 9.47 Å². The molecule has 2 aliphatic heterocycles. The van der Waals surface area contributed by atoms with Gasteiger partial charge in [0.1, 0.15) is 6.10 Å². The number of halogens is 1. The number of methoxy groups -OCH3 is 1. The molecular weight excluding hydrogens is 358 g/mol. The van der Waals surface area contributed by atoms with Crippen LogP contribution >= 0.6 is 15.9 Å². The number of hydrogen-bond donors (Lipinski definition) is 1. The van der Waals surface area contributed by atoms with E-state index in [0.717, 1.165) is 41.9 Å². The number of aliphatic hydroxyl groups is 1. The van der Waals surface area contributed by atoms with Gasteiger partial charge in [-0.1, -0.05) is 28.1 Å². The highest BCUT2D eigenvalue weighted by atomic mass is 79.9. The first-order valence-corrected chi connectivity index (χ1v) is 8.97. The van der Waals surface area contributed by atoms with Crippen LogP contribution in [0.3, 0.4) is 0 Å². The Bertz CT molecular complexity index is 675. The molecule has 0 saturated heterocycles. The smallest absolute Gasteiger partial charge is 0.166 e. The zero-order chi connectivity index (χ0) is 16.2. The Morgan fingerprint density at radius 2 is 2.30 bits per heavy atom. The second-order valence-corrected chi connectivity index (χ2v) is 7.75. The Morgan fingerprint density at radius 1 is 1.48 bits per heavy atom. The molecule has 124 valence electrons. The van der Waals surface area contributed by atoms with Crippen LogP contribution in [0, 0.1) is 0 Å². The highest BCUT2D eigenvalue weighted by Crippen LogP contribution is 2.57. The Kier molecular flexibility index (Phi) is 3.70. The van der Waals surface area contributed by atoms with Crippen LogP contribution in [0.15, 0.2) is 22.7 Å². The van der Waals surface area contributed by atoms with E-state index in [4.69, 9.17) is 9.47 Å².